The number of amides is 1. The van der Waals surface area contributed by atoms with E-state index in [9.17, 15) is 17.6 Å². The molecule has 23 heavy (non-hydrogen) atoms. The van der Waals surface area contributed by atoms with Gasteiger partial charge in [0.1, 0.15) is 5.82 Å². The third-order valence-electron chi connectivity index (χ3n) is 3.38. The number of rotatable bonds is 5. The van der Waals surface area contributed by atoms with Crippen LogP contribution in [-0.2, 0) is 21.5 Å². The van der Waals surface area contributed by atoms with E-state index in [0.29, 0.717) is 5.56 Å². The molecule has 0 aromatic heterocycles. The molecular weight excluding hydrogens is 345 g/mol. The third-order valence-corrected chi connectivity index (χ3v) is 5.66. The molecule has 0 radical (unpaired) electrons. The summed E-state index contributed by atoms with van der Waals surface area (Å²) < 4.78 is 40.3. The molecule has 1 N–H and O–H groups in total. The van der Waals surface area contributed by atoms with Crippen LogP contribution in [0.25, 0.3) is 0 Å². The van der Waals surface area contributed by atoms with Gasteiger partial charge in [-0.2, -0.15) is 17.0 Å². The van der Waals surface area contributed by atoms with E-state index < -0.39 is 16.0 Å². The minimum Gasteiger partial charge on any atom is -0.353 e. The zero-order valence-electron chi connectivity index (χ0n) is 12.9. The van der Waals surface area contributed by atoms with Crippen molar-refractivity contribution in [2.24, 2.45) is 0 Å². The molecule has 6 nitrogen and oxygen atoms in total. The van der Waals surface area contributed by atoms with Gasteiger partial charge in [-0.1, -0.05) is 17.7 Å². The van der Waals surface area contributed by atoms with Crippen LogP contribution in [0.4, 0.5) is 4.39 Å². The average molecular weight is 364 g/mol. The minimum atomic E-state index is -3.73. The summed E-state index contributed by atoms with van der Waals surface area (Å²) >= 11 is 5.94. The van der Waals surface area contributed by atoms with Gasteiger partial charge in [-0.3, -0.25) is 4.79 Å². The Balaban J connectivity index is 2.07. The maximum absolute atomic E-state index is 13.1. The second-order valence-corrected chi connectivity index (χ2v) is 7.97. The Morgan fingerprint density at radius 3 is 2.61 bits per heavy atom. The number of benzene rings is 1. The number of halogens is 2. The van der Waals surface area contributed by atoms with Crippen LogP contribution in [-0.4, -0.2) is 48.6 Å². The first-order valence-corrected chi connectivity index (χ1v) is 8.96. The molecule has 1 heterocycles. The molecule has 2 rings (SSSR count). The number of nitrogens with zero attached hydrogens (tertiary/aromatic N) is 2. The Kier molecular flexibility index (Phi) is 5.61. The molecular formula is C14H19ClFN3O3S. The fourth-order valence-electron chi connectivity index (χ4n) is 2.31. The lowest BCUT2D eigenvalue weighted by atomic mass is 10.2. The van der Waals surface area contributed by atoms with Crippen LogP contribution in [0.15, 0.2) is 18.2 Å². The summed E-state index contributed by atoms with van der Waals surface area (Å²) in [5.41, 5.74) is 0.519. The molecule has 0 atom stereocenters. The van der Waals surface area contributed by atoms with Gasteiger partial charge < -0.3 is 5.32 Å². The van der Waals surface area contributed by atoms with Gasteiger partial charge in [0.15, 0.2) is 0 Å². The van der Waals surface area contributed by atoms with Crippen molar-refractivity contribution in [3.63, 3.8) is 0 Å². The molecule has 0 bridgehead atoms. The standard InChI is InChI=1S/C14H19ClFN3O3S/c1-10(2)17-14(20)9-19-6-5-18(23(19,21)22)8-11-3-4-12(16)7-13(11)15/h3-4,7,10H,5-6,8-9H2,1-2H3,(H,17,20). The fraction of sp³-hybridized carbons (Fsp3) is 0.500. The van der Waals surface area contributed by atoms with Crippen molar-refractivity contribution in [1.29, 1.82) is 0 Å². The van der Waals surface area contributed by atoms with Crippen molar-refractivity contribution >= 4 is 27.7 Å². The zero-order chi connectivity index (χ0) is 17.2. The number of nitrogens with one attached hydrogen (secondary N) is 1. The quantitative estimate of drug-likeness (QED) is 0.859. The number of carbonyl (C=O) groups is 1. The van der Waals surface area contributed by atoms with Crippen LogP contribution in [0.3, 0.4) is 0 Å². The lowest BCUT2D eigenvalue weighted by Gasteiger charge is -2.19. The molecule has 9 heteroatoms. The van der Waals surface area contributed by atoms with E-state index in [2.05, 4.69) is 5.32 Å². The Labute approximate surface area is 140 Å². The first-order valence-electron chi connectivity index (χ1n) is 7.18. The number of carbonyl (C=O) groups excluding carboxylic acids is 1. The van der Waals surface area contributed by atoms with Crippen molar-refractivity contribution in [3.8, 4) is 0 Å². The molecule has 1 aliphatic heterocycles. The van der Waals surface area contributed by atoms with Crippen LogP contribution in [0.5, 0.6) is 0 Å². The van der Waals surface area contributed by atoms with E-state index in [4.69, 9.17) is 11.6 Å². The van der Waals surface area contributed by atoms with Crippen molar-refractivity contribution in [3.05, 3.63) is 34.6 Å². The van der Waals surface area contributed by atoms with Crippen LogP contribution >= 0.6 is 11.6 Å². The zero-order valence-corrected chi connectivity index (χ0v) is 14.5. The SMILES string of the molecule is CC(C)NC(=O)CN1CCN(Cc2ccc(F)cc2Cl)S1(=O)=O. The monoisotopic (exact) mass is 363 g/mol. The minimum absolute atomic E-state index is 0.0454. The highest BCUT2D eigenvalue weighted by molar-refractivity contribution is 7.87. The summed E-state index contributed by atoms with van der Waals surface area (Å²) in [4.78, 5) is 11.8. The largest absolute Gasteiger partial charge is 0.353 e. The van der Waals surface area contributed by atoms with Crippen molar-refractivity contribution in [2.45, 2.75) is 26.4 Å². The Morgan fingerprint density at radius 2 is 2.00 bits per heavy atom. The van der Waals surface area contributed by atoms with E-state index in [1.54, 1.807) is 13.8 Å². The third kappa shape index (κ3) is 4.41. The van der Waals surface area contributed by atoms with Crippen LogP contribution in [0.1, 0.15) is 19.4 Å². The van der Waals surface area contributed by atoms with Gasteiger partial charge in [-0.25, -0.2) is 4.39 Å². The fourth-order valence-corrected chi connectivity index (χ4v) is 4.07. The molecule has 0 saturated carbocycles. The highest BCUT2D eigenvalue weighted by atomic mass is 35.5. The molecule has 1 aliphatic rings. The first-order chi connectivity index (χ1) is 10.7. The van der Waals surface area contributed by atoms with Crippen LogP contribution < -0.4 is 5.32 Å². The molecule has 1 saturated heterocycles. The van der Waals surface area contributed by atoms with Gasteiger partial charge in [0.05, 0.1) is 6.54 Å². The molecule has 0 aliphatic carbocycles. The second-order valence-electron chi connectivity index (χ2n) is 5.63. The predicted molar refractivity (Wildman–Crippen MR) is 85.6 cm³/mol. The van der Waals surface area contributed by atoms with Gasteiger partial charge in [-0.15, -0.1) is 0 Å². The lowest BCUT2D eigenvalue weighted by Crippen LogP contribution is -2.42. The molecule has 0 spiro atoms. The Morgan fingerprint density at radius 1 is 1.35 bits per heavy atom. The second kappa shape index (κ2) is 7.12. The van der Waals surface area contributed by atoms with E-state index >= 15 is 0 Å². The predicted octanol–water partition coefficient (Wildman–Crippen LogP) is 1.37. The van der Waals surface area contributed by atoms with Crippen molar-refractivity contribution in [1.82, 2.24) is 13.9 Å². The van der Waals surface area contributed by atoms with E-state index in [1.807, 2.05) is 0 Å². The van der Waals surface area contributed by atoms with Crippen molar-refractivity contribution < 1.29 is 17.6 Å². The van der Waals surface area contributed by atoms with E-state index in [1.165, 1.54) is 16.4 Å². The molecule has 1 amide bonds. The van der Waals surface area contributed by atoms with Gasteiger partial charge >= 0.3 is 0 Å². The Hall–Kier alpha value is -1.22. The van der Waals surface area contributed by atoms with Gasteiger partial charge in [-0.05, 0) is 31.5 Å². The van der Waals surface area contributed by atoms with Crippen molar-refractivity contribution in [2.75, 3.05) is 19.6 Å². The highest BCUT2D eigenvalue weighted by Crippen LogP contribution is 2.24. The molecule has 1 fully saturated rings. The van der Waals surface area contributed by atoms with Gasteiger partial charge in [0.25, 0.3) is 10.2 Å². The first kappa shape index (κ1) is 18.1. The summed E-state index contributed by atoms with van der Waals surface area (Å²) in [5.74, 6) is -0.819. The number of hydrogen-bond acceptors (Lipinski definition) is 3. The summed E-state index contributed by atoms with van der Waals surface area (Å²) in [5, 5.41) is 2.84. The van der Waals surface area contributed by atoms with E-state index in [-0.39, 0.29) is 43.2 Å². The Bertz CT molecular complexity index is 697. The normalized spacial score (nSPS) is 18.5. The number of hydrogen-bond donors (Lipinski definition) is 1. The van der Waals surface area contributed by atoms with Gasteiger partial charge in [0, 0.05) is 30.7 Å². The molecule has 1 aromatic carbocycles. The molecule has 1 aromatic rings. The highest BCUT2D eigenvalue weighted by Gasteiger charge is 2.37. The maximum Gasteiger partial charge on any atom is 0.282 e. The van der Waals surface area contributed by atoms with Crippen LogP contribution in [0.2, 0.25) is 5.02 Å². The average Bonchev–Trinajstić information content (AvgIpc) is 2.68. The van der Waals surface area contributed by atoms with Crippen LogP contribution in [0, 0.1) is 5.82 Å². The van der Waals surface area contributed by atoms with E-state index in [0.717, 1.165) is 10.4 Å². The molecule has 128 valence electrons. The maximum atomic E-state index is 13.1. The lowest BCUT2D eigenvalue weighted by molar-refractivity contribution is -0.121. The summed E-state index contributed by atoms with van der Waals surface area (Å²) in [6.45, 7) is 3.92. The summed E-state index contributed by atoms with van der Waals surface area (Å²) in [6, 6.07) is 3.79. The van der Waals surface area contributed by atoms with Gasteiger partial charge in [0.2, 0.25) is 5.91 Å². The molecule has 0 unspecified atom stereocenters. The smallest absolute Gasteiger partial charge is 0.282 e. The summed E-state index contributed by atoms with van der Waals surface area (Å²) in [7, 11) is -3.73. The summed E-state index contributed by atoms with van der Waals surface area (Å²) in [6.07, 6.45) is 0. The topological polar surface area (TPSA) is 69.7 Å².